The maximum Gasteiger partial charge on any atom is 0.0924 e. The van der Waals surface area contributed by atoms with E-state index >= 15 is 0 Å². The minimum absolute atomic E-state index is 0.172. The van der Waals surface area contributed by atoms with Crippen LogP contribution in [0.3, 0.4) is 0 Å². The van der Waals surface area contributed by atoms with Gasteiger partial charge in [0.1, 0.15) is 0 Å². The summed E-state index contributed by atoms with van der Waals surface area (Å²) in [6.07, 6.45) is 11.2. The van der Waals surface area contributed by atoms with Crippen LogP contribution in [0.1, 0.15) is 75.1 Å². The Labute approximate surface area is 195 Å². The molecule has 5 aliphatic rings. The van der Waals surface area contributed by atoms with Crippen molar-refractivity contribution < 1.29 is 5.11 Å². The zero-order chi connectivity index (χ0) is 21.2. The van der Waals surface area contributed by atoms with Crippen molar-refractivity contribution in [3.63, 3.8) is 0 Å². The van der Waals surface area contributed by atoms with Gasteiger partial charge >= 0.3 is 0 Å². The number of pyridine rings is 1. The number of hydrogen-bond acceptors (Lipinski definition) is 3. The van der Waals surface area contributed by atoms with Crippen LogP contribution in [0.5, 0.6) is 0 Å². The standard InChI is InChI=1S/C26H32Cl2N2O/c27-19-9-21-20(23(31)15-30-4-2-1-3-5-30)11-24(29-25(21)22(28)10-19)26-12-16-6-17(13-26)8-18(7-16)14-26/h9-11,16-18,23,31H,1-8,12-15H2. The molecule has 4 aliphatic carbocycles. The monoisotopic (exact) mass is 458 g/mol. The highest BCUT2D eigenvalue weighted by Gasteiger charge is 2.52. The van der Waals surface area contributed by atoms with Crippen molar-refractivity contribution in [1.29, 1.82) is 0 Å². The van der Waals surface area contributed by atoms with Crippen LogP contribution in [0, 0.1) is 17.8 Å². The number of nitrogens with zero attached hydrogens (tertiary/aromatic N) is 2. The lowest BCUT2D eigenvalue weighted by Crippen LogP contribution is -2.49. The van der Waals surface area contributed by atoms with Gasteiger partial charge < -0.3 is 10.0 Å². The number of rotatable bonds is 4. The van der Waals surface area contributed by atoms with Crippen molar-refractivity contribution in [3.05, 3.63) is 39.5 Å². The predicted molar refractivity (Wildman–Crippen MR) is 127 cm³/mol. The molecule has 1 atom stereocenters. The molecule has 1 saturated heterocycles. The summed E-state index contributed by atoms with van der Waals surface area (Å²) in [5, 5.41) is 13.5. The highest BCUT2D eigenvalue weighted by molar-refractivity contribution is 6.38. The summed E-state index contributed by atoms with van der Waals surface area (Å²) in [4.78, 5) is 7.58. The molecule has 166 valence electrons. The first-order valence-electron chi connectivity index (χ1n) is 12.2. The molecule has 2 aromatic rings. The van der Waals surface area contributed by atoms with E-state index in [0.29, 0.717) is 16.6 Å². The minimum Gasteiger partial charge on any atom is -0.387 e. The smallest absolute Gasteiger partial charge is 0.0924 e. The van der Waals surface area contributed by atoms with E-state index in [1.807, 2.05) is 6.07 Å². The summed E-state index contributed by atoms with van der Waals surface area (Å²) in [6, 6.07) is 5.97. The topological polar surface area (TPSA) is 36.4 Å². The molecular formula is C26H32Cl2N2O. The molecule has 5 heteroatoms. The van der Waals surface area contributed by atoms with Gasteiger partial charge in [-0.05, 0) is 106 Å². The molecule has 7 rings (SSSR count). The molecule has 31 heavy (non-hydrogen) atoms. The molecule has 4 bridgehead atoms. The Bertz CT molecular complexity index is 965. The van der Waals surface area contributed by atoms with Crippen molar-refractivity contribution >= 4 is 34.1 Å². The molecule has 1 aromatic heterocycles. The maximum absolute atomic E-state index is 11.4. The Hall–Kier alpha value is -0.870. The van der Waals surface area contributed by atoms with Gasteiger partial charge in [0, 0.05) is 28.1 Å². The van der Waals surface area contributed by atoms with E-state index in [2.05, 4.69) is 11.0 Å². The molecule has 0 amide bonds. The summed E-state index contributed by atoms with van der Waals surface area (Å²) in [5.74, 6) is 2.56. The summed E-state index contributed by atoms with van der Waals surface area (Å²) in [6.45, 7) is 2.82. The Morgan fingerprint density at radius 1 is 0.968 bits per heavy atom. The Morgan fingerprint density at radius 3 is 2.26 bits per heavy atom. The number of aliphatic hydroxyl groups is 1. The van der Waals surface area contributed by atoms with E-state index in [4.69, 9.17) is 28.2 Å². The lowest BCUT2D eigenvalue weighted by Gasteiger charge is -2.56. The fourth-order valence-electron chi connectivity index (χ4n) is 7.73. The Kier molecular flexibility index (Phi) is 5.26. The number of aliphatic hydroxyl groups excluding tert-OH is 1. The lowest BCUT2D eigenvalue weighted by atomic mass is 9.48. The van der Waals surface area contributed by atoms with Gasteiger partial charge in [0.25, 0.3) is 0 Å². The molecule has 0 radical (unpaired) electrons. The molecule has 0 spiro atoms. The first kappa shape index (κ1) is 20.7. The van der Waals surface area contributed by atoms with Gasteiger partial charge in [-0.25, -0.2) is 0 Å². The van der Waals surface area contributed by atoms with Crippen LogP contribution < -0.4 is 0 Å². The molecule has 1 unspecified atom stereocenters. The molecule has 3 nitrogen and oxygen atoms in total. The SMILES string of the molecule is OC(CN1CCCCC1)c1cc(C23CC4CC(CC(C4)C2)C3)nc2c(Cl)cc(Cl)cc12. The van der Waals surface area contributed by atoms with Crippen LogP contribution >= 0.6 is 23.2 Å². The predicted octanol–water partition coefficient (Wildman–Crippen LogP) is 6.53. The molecule has 1 aliphatic heterocycles. The number of fused-ring (bicyclic) bond motifs is 1. The number of hydrogen-bond donors (Lipinski definition) is 1. The highest BCUT2D eigenvalue weighted by Crippen LogP contribution is 2.60. The zero-order valence-corrected chi connectivity index (χ0v) is 19.6. The van der Waals surface area contributed by atoms with Gasteiger partial charge in [0.05, 0.1) is 16.6 Å². The number of benzene rings is 1. The van der Waals surface area contributed by atoms with Crippen LogP contribution in [0.25, 0.3) is 10.9 Å². The van der Waals surface area contributed by atoms with Crippen LogP contribution in [-0.2, 0) is 5.41 Å². The number of likely N-dealkylation sites (tertiary alicyclic amines) is 1. The van der Waals surface area contributed by atoms with E-state index in [0.717, 1.165) is 47.3 Å². The summed E-state index contributed by atoms with van der Waals surface area (Å²) in [7, 11) is 0. The van der Waals surface area contributed by atoms with Crippen molar-refractivity contribution in [2.75, 3.05) is 19.6 Å². The van der Waals surface area contributed by atoms with E-state index in [9.17, 15) is 5.11 Å². The molecule has 4 saturated carbocycles. The van der Waals surface area contributed by atoms with E-state index in [1.54, 1.807) is 6.07 Å². The normalized spacial score (nSPS) is 33.8. The van der Waals surface area contributed by atoms with Crippen molar-refractivity contribution in [3.8, 4) is 0 Å². The zero-order valence-electron chi connectivity index (χ0n) is 18.1. The largest absolute Gasteiger partial charge is 0.387 e. The van der Waals surface area contributed by atoms with Crippen LogP contribution in [0.15, 0.2) is 18.2 Å². The highest BCUT2D eigenvalue weighted by atomic mass is 35.5. The van der Waals surface area contributed by atoms with E-state index in [1.165, 1.54) is 63.5 Å². The first-order valence-corrected chi connectivity index (χ1v) is 13.0. The third-order valence-corrected chi connectivity index (χ3v) is 9.19. The minimum atomic E-state index is -0.550. The van der Waals surface area contributed by atoms with Crippen molar-refractivity contribution in [1.82, 2.24) is 9.88 Å². The van der Waals surface area contributed by atoms with Gasteiger partial charge in [-0.3, -0.25) is 4.98 Å². The second-order valence-corrected chi connectivity index (χ2v) is 11.8. The fourth-order valence-corrected chi connectivity index (χ4v) is 8.27. The van der Waals surface area contributed by atoms with Crippen molar-refractivity contribution in [2.24, 2.45) is 17.8 Å². The van der Waals surface area contributed by atoms with Gasteiger partial charge in [-0.1, -0.05) is 29.6 Å². The van der Waals surface area contributed by atoms with Crippen LogP contribution in [0.2, 0.25) is 10.0 Å². The van der Waals surface area contributed by atoms with Gasteiger partial charge in [-0.15, -0.1) is 0 Å². The first-order chi connectivity index (χ1) is 15.0. The Balaban J connectivity index is 1.44. The van der Waals surface area contributed by atoms with Gasteiger partial charge in [0.15, 0.2) is 0 Å². The fraction of sp³-hybridized carbons (Fsp3) is 0.654. The third kappa shape index (κ3) is 3.70. The molecule has 2 heterocycles. The molecule has 1 aromatic carbocycles. The van der Waals surface area contributed by atoms with Gasteiger partial charge in [0.2, 0.25) is 0 Å². The Morgan fingerprint density at radius 2 is 1.61 bits per heavy atom. The lowest BCUT2D eigenvalue weighted by molar-refractivity contribution is -0.00719. The summed E-state index contributed by atoms with van der Waals surface area (Å²) >= 11 is 13.1. The van der Waals surface area contributed by atoms with Crippen LogP contribution in [-0.4, -0.2) is 34.6 Å². The maximum atomic E-state index is 11.4. The third-order valence-electron chi connectivity index (χ3n) is 8.68. The average molecular weight is 459 g/mol. The van der Waals surface area contributed by atoms with E-state index < -0.39 is 6.10 Å². The second-order valence-electron chi connectivity index (χ2n) is 11.0. The number of piperidine rings is 1. The number of β-amino-alcohol motifs (C(OH)–C–C–N with tert-alkyl or cyclic N) is 1. The quantitative estimate of drug-likeness (QED) is 0.565. The number of halogens is 2. The average Bonchev–Trinajstić information content (AvgIpc) is 2.73. The molecule has 5 fully saturated rings. The van der Waals surface area contributed by atoms with Crippen LogP contribution in [0.4, 0.5) is 0 Å². The summed E-state index contributed by atoms with van der Waals surface area (Å²) < 4.78 is 0. The summed E-state index contributed by atoms with van der Waals surface area (Å²) in [5.41, 5.74) is 3.12. The van der Waals surface area contributed by atoms with E-state index in [-0.39, 0.29) is 5.41 Å². The number of aromatic nitrogens is 1. The second kappa shape index (κ2) is 7.87. The molecular weight excluding hydrogens is 427 g/mol. The molecule has 1 N–H and O–H groups in total. The van der Waals surface area contributed by atoms with Gasteiger partial charge in [-0.2, -0.15) is 0 Å². The van der Waals surface area contributed by atoms with Crippen molar-refractivity contribution in [2.45, 2.75) is 69.3 Å².